The fourth-order valence-corrected chi connectivity index (χ4v) is 2.59. The molecule has 0 saturated carbocycles. The highest BCUT2D eigenvalue weighted by Crippen LogP contribution is 2.27. The minimum Gasteiger partial charge on any atom is -0.384 e. The van der Waals surface area contributed by atoms with Crippen molar-refractivity contribution < 1.29 is 0 Å². The number of nitrogens with zero attached hydrogens (tertiary/aromatic N) is 1. The van der Waals surface area contributed by atoms with Crippen LogP contribution in [-0.2, 0) is 11.2 Å². The molecule has 0 aliphatic heterocycles. The number of hydrogen-bond acceptors (Lipinski definition) is 3. The number of nitrogens with two attached hydrogens (primary N) is 1. The summed E-state index contributed by atoms with van der Waals surface area (Å²) in [5.41, 5.74) is 8.26. The third kappa shape index (κ3) is 4.00. The summed E-state index contributed by atoms with van der Waals surface area (Å²) in [6.07, 6.45) is 0. The normalized spacial score (nSPS) is 11.5. The first-order valence-corrected chi connectivity index (χ1v) is 7.38. The summed E-state index contributed by atoms with van der Waals surface area (Å²) in [5.74, 6) is 1.43. The molecule has 100 valence electrons. The van der Waals surface area contributed by atoms with Crippen LogP contribution in [0, 0.1) is 0 Å². The van der Waals surface area contributed by atoms with E-state index in [4.69, 9.17) is 5.73 Å². The second kappa shape index (κ2) is 5.66. The topological polar surface area (TPSA) is 38.9 Å². The number of nitrogen functional groups attached to an aromatic ring is 1. The van der Waals surface area contributed by atoms with Gasteiger partial charge in [0.05, 0.1) is 5.69 Å². The number of aromatic nitrogens is 1. The van der Waals surface area contributed by atoms with Gasteiger partial charge in [0.2, 0.25) is 0 Å². The molecule has 2 N–H and O–H groups in total. The maximum atomic E-state index is 5.67. The van der Waals surface area contributed by atoms with Crippen molar-refractivity contribution in [2.24, 2.45) is 0 Å². The summed E-state index contributed by atoms with van der Waals surface area (Å²) in [6.45, 7) is 6.68. The van der Waals surface area contributed by atoms with Crippen LogP contribution in [0.25, 0.3) is 0 Å². The van der Waals surface area contributed by atoms with Gasteiger partial charge in [0.1, 0.15) is 5.82 Å². The molecule has 0 spiro atoms. The van der Waals surface area contributed by atoms with Crippen LogP contribution in [0.15, 0.2) is 47.4 Å². The smallest absolute Gasteiger partial charge is 0.123 e. The third-order valence-electron chi connectivity index (χ3n) is 2.94. The molecule has 2 rings (SSSR count). The minimum atomic E-state index is 0.207. The number of hydrogen-bond donors (Lipinski definition) is 1. The van der Waals surface area contributed by atoms with Crippen LogP contribution in [-0.4, -0.2) is 4.98 Å². The van der Waals surface area contributed by atoms with Crippen molar-refractivity contribution in [3.05, 3.63) is 53.7 Å². The quantitative estimate of drug-likeness (QED) is 0.849. The van der Waals surface area contributed by atoms with Gasteiger partial charge >= 0.3 is 0 Å². The highest BCUT2D eigenvalue weighted by atomic mass is 32.2. The second-order valence-corrected chi connectivity index (χ2v) is 6.67. The first kappa shape index (κ1) is 13.9. The molecule has 0 aliphatic rings. The third-order valence-corrected chi connectivity index (χ3v) is 3.98. The highest BCUT2D eigenvalue weighted by molar-refractivity contribution is 7.98. The van der Waals surface area contributed by atoms with Gasteiger partial charge in [0.15, 0.2) is 0 Å². The number of benzene rings is 1. The molecule has 0 radical (unpaired) electrons. The highest BCUT2D eigenvalue weighted by Gasteiger charge is 2.12. The van der Waals surface area contributed by atoms with E-state index in [-0.39, 0.29) is 5.41 Å². The maximum absolute atomic E-state index is 5.67. The van der Waals surface area contributed by atoms with E-state index in [9.17, 15) is 0 Å². The molecule has 2 nitrogen and oxygen atoms in total. The average molecular weight is 272 g/mol. The van der Waals surface area contributed by atoms with Crippen LogP contribution >= 0.6 is 11.8 Å². The zero-order chi connectivity index (χ0) is 13.9. The van der Waals surface area contributed by atoms with Gasteiger partial charge in [0, 0.05) is 10.6 Å². The molecule has 2 aromatic rings. The van der Waals surface area contributed by atoms with Gasteiger partial charge < -0.3 is 5.73 Å². The van der Waals surface area contributed by atoms with Gasteiger partial charge in [-0.15, -0.1) is 11.8 Å². The average Bonchev–Trinajstić information content (AvgIpc) is 2.36. The summed E-state index contributed by atoms with van der Waals surface area (Å²) in [4.78, 5) is 5.56. The Kier molecular flexibility index (Phi) is 4.15. The molecule has 0 amide bonds. The Hall–Kier alpha value is -1.48. The van der Waals surface area contributed by atoms with Crippen molar-refractivity contribution in [3.8, 4) is 0 Å². The lowest BCUT2D eigenvalue weighted by Gasteiger charge is -2.19. The zero-order valence-corrected chi connectivity index (χ0v) is 12.5. The van der Waals surface area contributed by atoms with Crippen molar-refractivity contribution >= 4 is 17.6 Å². The van der Waals surface area contributed by atoms with E-state index in [1.165, 1.54) is 10.5 Å². The van der Waals surface area contributed by atoms with E-state index in [1.807, 2.05) is 18.2 Å². The van der Waals surface area contributed by atoms with Crippen LogP contribution in [0.1, 0.15) is 32.0 Å². The Balaban J connectivity index is 2.01. The van der Waals surface area contributed by atoms with Crippen LogP contribution in [0.3, 0.4) is 0 Å². The lowest BCUT2D eigenvalue weighted by molar-refractivity contribution is 0.590. The predicted octanol–water partition coefficient (Wildman–Crippen LogP) is 4.25. The standard InChI is InChI=1S/C16H20N2S/c1-16(2,3)12-7-9-14(10-8-12)19-11-13-5-4-6-15(17)18-13/h4-10H,11H2,1-3H3,(H2,17,18). The van der Waals surface area contributed by atoms with Crippen molar-refractivity contribution in [1.29, 1.82) is 0 Å². The summed E-state index contributed by atoms with van der Waals surface area (Å²) >= 11 is 1.78. The maximum Gasteiger partial charge on any atom is 0.123 e. The predicted molar refractivity (Wildman–Crippen MR) is 83.4 cm³/mol. The molecule has 0 unspecified atom stereocenters. The van der Waals surface area contributed by atoms with Gasteiger partial charge in [-0.25, -0.2) is 4.98 Å². The van der Waals surface area contributed by atoms with E-state index < -0.39 is 0 Å². The van der Waals surface area contributed by atoms with Gasteiger partial charge in [-0.2, -0.15) is 0 Å². The zero-order valence-electron chi connectivity index (χ0n) is 11.7. The van der Waals surface area contributed by atoms with Crippen LogP contribution in [0.5, 0.6) is 0 Å². The van der Waals surface area contributed by atoms with E-state index in [1.54, 1.807) is 11.8 Å². The molecule has 1 aromatic heterocycles. The second-order valence-electron chi connectivity index (χ2n) is 5.62. The summed E-state index contributed by atoms with van der Waals surface area (Å²) in [7, 11) is 0. The Morgan fingerprint density at radius 2 is 1.74 bits per heavy atom. The van der Waals surface area contributed by atoms with Crippen molar-refractivity contribution in [2.75, 3.05) is 5.73 Å². The van der Waals surface area contributed by atoms with Crippen LogP contribution in [0.4, 0.5) is 5.82 Å². The molecule has 3 heteroatoms. The van der Waals surface area contributed by atoms with Crippen molar-refractivity contribution in [1.82, 2.24) is 4.98 Å². The number of thioether (sulfide) groups is 1. The first-order chi connectivity index (χ1) is 8.95. The molecule has 0 saturated heterocycles. The fraction of sp³-hybridized carbons (Fsp3) is 0.312. The molecule has 0 bridgehead atoms. The SMILES string of the molecule is CC(C)(C)c1ccc(SCc2cccc(N)n2)cc1. The Bertz CT molecular complexity index is 541. The number of pyridine rings is 1. The lowest BCUT2D eigenvalue weighted by Crippen LogP contribution is -2.10. The number of rotatable bonds is 3. The fourth-order valence-electron chi connectivity index (χ4n) is 1.79. The van der Waals surface area contributed by atoms with E-state index in [2.05, 4.69) is 50.0 Å². The molecular formula is C16H20N2S. The Morgan fingerprint density at radius 1 is 1.05 bits per heavy atom. The largest absolute Gasteiger partial charge is 0.384 e. The van der Waals surface area contributed by atoms with Gasteiger partial charge in [-0.3, -0.25) is 0 Å². The molecule has 0 atom stereocenters. The van der Waals surface area contributed by atoms with Gasteiger partial charge in [-0.05, 0) is 35.2 Å². The van der Waals surface area contributed by atoms with E-state index in [0.29, 0.717) is 5.82 Å². The van der Waals surface area contributed by atoms with E-state index in [0.717, 1.165) is 11.4 Å². The summed E-state index contributed by atoms with van der Waals surface area (Å²) < 4.78 is 0. The first-order valence-electron chi connectivity index (χ1n) is 6.40. The molecule has 19 heavy (non-hydrogen) atoms. The number of anilines is 1. The van der Waals surface area contributed by atoms with Gasteiger partial charge in [-0.1, -0.05) is 39.0 Å². The Morgan fingerprint density at radius 3 is 2.32 bits per heavy atom. The Labute approximate surface area is 119 Å². The molecule has 0 fully saturated rings. The van der Waals surface area contributed by atoms with Gasteiger partial charge in [0.25, 0.3) is 0 Å². The molecule has 1 aromatic carbocycles. The monoisotopic (exact) mass is 272 g/mol. The lowest BCUT2D eigenvalue weighted by atomic mass is 9.87. The molecular weight excluding hydrogens is 252 g/mol. The molecule has 1 heterocycles. The van der Waals surface area contributed by atoms with Crippen LogP contribution < -0.4 is 5.73 Å². The van der Waals surface area contributed by atoms with E-state index >= 15 is 0 Å². The summed E-state index contributed by atoms with van der Waals surface area (Å²) in [5, 5.41) is 0. The minimum absolute atomic E-state index is 0.207. The van der Waals surface area contributed by atoms with Crippen molar-refractivity contribution in [3.63, 3.8) is 0 Å². The summed E-state index contributed by atoms with van der Waals surface area (Å²) in [6, 6.07) is 14.5. The van der Waals surface area contributed by atoms with Crippen molar-refractivity contribution in [2.45, 2.75) is 36.8 Å². The molecule has 0 aliphatic carbocycles. The van der Waals surface area contributed by atoms with Crippen LogP contribution in [0.2, 0.25) is 0 Å².